The maximum Gasteiger partial charge on any atom is 0.196 e. The van der Waals surface area contributed by atoms with Gasteiger partial charge in [0.25, 0.3) is 0 Å². The van der Waals surface area contributed by atoms with Gasteiger partial charge in [0.05, 0.1) is 18.1 Å². The van der Waals surface area contributed by atoms with Gasteiger partial charge in [0.1, 0.15) is 17.1 Å². The smallest absolute Gasteiger partial charge is 0.196 e. The van der Waals surface area contributed by atoms with Gasteiger partial charge >= 0.3 is 0 Å². The summed E-state index contributed by atoms with van der Waals surface area (Å²) in [5.74, 6) is 1.22. The Morgan fingerprint density at radius 1 is 1.14 bits per heavy atom. The SMILES string of the molecule is C=CCc1c(-c2ccccc2OC)oc2ccccc2c1=O. The molecule has 110 valence electrons. The maximum atomic E-state index is 12.8. The van der Waals surface area contributed by atoms with Crippen molar-refractivity contribution in [2.75, 3.05) is 7.11 Å². The van der Waals surface area contributed by atoms with E-state index in [4.69, 9.17) is 9.15 Å². The molecule has 1 aromatic heterocycles. The normalized spacial score (nSPS) is 10.6. The van der Waals surface area contributed by atoms with Crippen LogP contribution in [0.1, 0.15) is 5.56 Å². The third-order valence-electron chi connectivity index (χ3n) is 3.59. The highest BCUT2D eigenvalue weighted by molar-refractivity contribution is 5.81. The second-order valence-electron chi connectivity index (χ2n) is 4.93. The second kappa shape index (κ2) is 5.90. The van der Waals surface area contributed by atoms with Crippen LogP contribution in [0.15, 0.2) is 70.4 Å². The van der Waals surface area contributed by atoms with Gasteiger partial charge in [-0.05, 0) is 30.7 Å². The molecule has 3 rings (SSSR count). The summed E-state index contributed by atoms with van der Waals surface area (Å²) < 4.78 is 11.4. The van der Waals surface area contributed by atoms with Crippen molar-refractivity contribution in [1.29, 1.82) is 0 Å². The van der Waals surface area contributed by atoms with Gasteiger partial charge in [-0.15, -0.1) is 6.58 Å². The number of benzene rings is 2. The average molecular weight is 292 g/mol. The van der Waals surface area contributed by atoms with Gasteiger partial charge < -0.3 is 9.15 Å². The van der Waals surface area contributed by atoms with Gasteiger partial charge in [0.2, 0.25) is 0 Å². The lowest BCUT2D eigenvalue weighted by molar-refractivity contribution is 0.415. The summed E-state index contributed by atoms with van der Waals surface area (Å²) >= 11 is 0. The van der Waals surface area contributed by atoms with Crippen LogP contribution in [0.25, 0.3) is 22.3 Å². The van der Waals surface area contributed by atoms with E-state index >= 15 is 0 Å². The van der Waals surface area contributed by atoms with Crippen LogP contribution < -0.4 is 10.2 Å². The lowest BCUT2D eigenvalue weighted by Crippen LogP contribution is -2.10. The van der Waals surface area contributed by atoms with Crippen molar-refractivity contribution >= 4 is 11.0 Å². The fourth-order valence-electron chi connectivity index (χ4n) is 2.56. The van der Waals surface area contributed by atoms with Crippen LogP contribution in [0.2, 0.25) is 0 Å². The summed E-state index contributed by atoms with van der Waals surface area (Å²) in [4.78, 5) is 12.8. The molecule has 0 saturated carbocycles. The van der Waals surface area contributed by atoms with Crippen LogP contribution in [0.3, 0.4) is 0 Å². The van der Waals surface area contributed by atoms with Crippen LogP contribution in [0.5, 0.6) is 5.75 Å². The molecule has 3 heteroatoms. The molecule has 0 amide bonds. The molecule has 0 fully saturated rings. The molecule has 0 radical (unpaired) electrons. The number of methoxy groups -OCH3 is 1. The topological polar surface area (TPSA) is 39.4 Å². The first-order valence-corrected chi connectivity index (χ1v) is 7.05. The number of hydrogen-bond donors (Lipinski definition) is 0. The standard InChI is InChI=1S/C19H16O3/c1-3-8-15-18(20)13-9-4-7-12-17(13)22-19(15)14-10-5-6-11-16(14)21-2/h3-7,9-12H,1,8H2,2H3. The Kier molecular flexibility index (Phi) is 3.79. The quantitative estimate of drug-likeness (QED) is 0.677. The summed E-state index contributed by atoms with van der Waals surface area (Å²) in [6.45, 7) is 3.74. The number of para-hydroxylation sites is 2. The number of ether oxygens (including phenoxy) is 1. The first kappa shape index (κ1) is 14.1. The molecular formula is C19H16O3. The Morgan fingerprint density at radius 2 is 1.86 bits per heavy atom. The first-order chi connectivity index (χ1) is 10.8. The molecule has 22 heavy (non-hydrogen) atoms. The highest BCUT2D eigenvalue weighted by atomic mass is 16.5. The molecule has 0 atom stereocenters. The van der Waals surface area contributed by atoms with Crippen molar-refractivity contribution in [3.63, 3.8) is 0 Å². The zero-order valence-corrected chi connectivity index (χ0v) is 12.3. The largest absolute Gasteiger partial charge is 0.496 e. The van der Waals surface area contributed by atoms with Crippen molar-refractivity contribution < 1.29 is 9.15 Å². The number of hydrogen-bond acceptors (Lipinski definition) is 3. The minimum atomic E-state index is -0.0253. The third kappa shape index (κ3) is 2.31. The van der Waals surface area contributed by atoms with Crippen LogP contribution in [-0.2, 0) is 6.42 Å². The van der Waals surface area contributed by atoms with Gasteiger partial charge in [-0.3, -0.25) is 4.79 Å². The van der Waals surface area contributed by atoms with Crippen molar-refractivity contribution in [3.8, 4) is 17.1 Å². The molecule has 0 aliphatic heterocycles. The maximum absolute atomic E-state index is 12.8. The van der Waals surface area contributed by atoms with Gasteiger partial charge in [-0.1, -0.05) is 30.3 Å². The van der Waals surface area contributed by atoms with E-state index in [1.54, 1.807) is 25.3 Å². The van der Waals surface area contributed by atoms with E-state index in [9.17, 15) is 4.79 Å². The van der Waals surface area contributed by atoms with Gasteiger partial charge in [0.15, 0.2) is 5.43 Å². The predicted octanol–water partition coefficient (Wildman–Crippen LogP) is 4.20. The highest BCUT2D eigenvalue weighted by Gasteiger charge is 2.17. The summed E-state index contributed by atoms with van der Waals surface area (Å²) in [5, 5.41) is 0.581. The predicted molar refractivity (Wildman–Crippen MR) is 88.4 cm³/mol. The van der Waals surface area contributed by atoms with Crippen LogP contribution in [-0.4, -0.2) is 7.11 Å². The van der Waals surface area contributed by atoms with Gasteiger partial charge in [-0.25, -0.2) is 0 Å². The van der Waals surface area contributed by atoms with Crippen LogP contribution in [0.4, 0.5) is 0 Å². The summed E-state index contributed by atoms with van der Waals surface area (Å²) in [5.41, 5.74) is 1.91. The van der Waals surface area contributed by atoms with Crippen molar-refractivity contribution in [3.05, 3.63) is 77.0 Å². The van der Waals surface area contributed by atoms with Gasteiger partial charge in [-0.2, -0.15) is 0 Å². The average Bonchev–Trinajstić information content (AvgIpc) is 2.57. The molecule has 0 saturated heterocycles. The molecule has 3 aromatic rings. The van der Waals surface area contributed by atoms with Crippen LogP contribution >= 0.6 is 0 Å². The summed E-state index contributed by atoms with van der Waals surface area (Å²) in [7, 11) is 1.60. The number of allylic oxidation sites excluding steroid dienone is 1. The van der Waals surface area contributed by atoms with E-state index < -0.39 is 0 Å². The van der Waals surface area contributed by atoms with Crippen molar-refractivity contribution in [2.24, 2.45) is 0 Å². The van der Waals surface area contributed by atoms with Crippen molar-refractivity contribution in [1.82, 2.24) is 0 Å². The second-order valence-corrected chi connectivity index (χ2v) is 4.93. The van der Waals surface area contributed by atoms with E-state index in [0.717, 1.165) is 5.56 Å². The summed E-state index contributed by atoms with van der Waals surface area (Å²) in [6.07, 6.45) is 2.15. The van der Waals surface area contributed by atoms with E-state index in [2.05, 4.69) is 6.58 Å². The molecular weight excluding hydrogens is 276 g/mol. The van der Waals surface area contributed by atoms with Gasteiger partial charge in [0, 0.05) is 5.56 Å². The molecule has 2 aromatic carbocycles. The Labute approximate surface area is 128 Å². The zero-order chi connectivity index (χ0) is 15.5. The Balaban J connectivity index is 2.39. The Hall–Kier alpha value is -2.81. The molecule has 0 bridgehead atoms. The van der Waals surface area contributed by atoms with Crippen LogP contribution in [0, 0.1) is 0 Å². The van der Waals surface area contributed by atoms with E-state index in [0.29, 0.717) is 34.5 Å². The molecule has 0 N–H and O–H groups in total. The molecule has 0 spiro atoms. The minimum absolute atomic E-state index is 0.0253. The molecule has 0 aliphatic rings. The lowest BCUT2D eigenvalue weighted by atomic mass is 10.0. The van der Waals surface area contributed by atoms with E-state index in [1.165, 1.54) is 0 Å². The fourth-order valence-corrected chi connectivity index (χ4v) is 2.56. The highest BCUT2D eigenvalue weighted by Crippen LogP contribution is 2.33. The molecule has 3 nitrogen and oxygen atoms in total. The first-order valence-electron chi connectivity index (χ1n) is 7.05. The monoisotopic (exact) mass is 292 g/mol. The Morgan fingerprint density at radius 3 is 2.64 bits per heavy atom. The van der Waals surface area contributed by atoms with E-state index in [-0.39, 0.29) is 5.43 Å². The minimum Gasteiger partial charge on any atom is -0.496 e. The lowest BCUT2D eigenvalue weighted by Gasteiger charge is -2.12. The van der Waals surface area contributed by atoms with Crippen molar-refractivity contribution in [2.45, 2.75) is 6.42 Å². The zero-order valence-electron chi connectivity index (χ0n) is 12.3. The third-order valence-corrected chi connectivity index (χ3v) is 3.59. The Bertz CT molecular complexity index is 891. The molecule has 1 heterocycles. The fraction of sp³-hybridized carbons (Fsp3) is 0.105. The molecule has 0 unspecified atom stereocenters. The van der Waals surface area contributed by atoms with E-state index in [1.807, 2.05) is 36.4 Å². The summed E-state index contributed by atoms with van der Waals surface area (Å²) in [6, 6.07) is 14.8. The molecule has 0 aliphatic carbocycles. The number of rotatable bonds is 4. The number of fused-ring (bicyclic) bond motifs is 1.